The van der Waals surface area contributed by atoms with Crippen LogP contribution in [0.4, 0.5) is 4.39 Å². The predicted octanol–water partition coefficient (Wildman–Crippen LogP) is 1.94. The first-order valence-electron chi connectivity index (χ1n) is 10.8. The van der Waals surface area contributed by atoms with Crippen molar-refractivity contribution in [2.24, 2.45) is 0 Å². The van der Waals surface area contributed by atoms with Gasteiger partial charge in [-0.3, -0.25) is 4.90 Å². The SMILES string of the molecule is OC[C@H]1[C@@H](O)[C@H](O)[C@@H](O)CN1CCCCCOCc1ccc(-c2ccc(F)cc2)cc1. The number of hydrogen-bond acceptors (Lipinski definition) is 6. The van der Waals surface area contributed by atoms with Gasteiger partial charge in [-0.25, -0.2) is 4.39 Å². The third kappa shape index (κ3) is 6.55. The summed E-state index contributed by atoms with van der Waals surface area (Å²) in [5.74, 6) is -0.244. The molecule has 0 aliphatic carbocycles. The molecule has 6 nitrogen and oxygen atoms in total. The van der Waals surface area contributed by atoms with Gasteiger partial charge in [0, 0.05) is 13.2 Å². The Kier molecular flexibility index (Phi) is 8.95. The van der Waals surface area contributed by atoms with E-state index in [-0.39, 0.29) is 19.0 Å². The quantitative estimate of drug-likeness (QED) is 0.428. The maximum Gasteiger partial charge on any atom is 0.123 e. The second-order valence-corrected chi connectivity index (χ2v) is 8.11. The second kappa shape index (κ2) is 11.7. The van der Waals surface area contributed by atoms with Crippen molar-refractivity contribution >= 4 is 0 Å². The van der Waals surface area contributed by atoms with E-state index in [1.54, 1.807) is 12.1 Å². The Morgan fingerprint density at radius 2 is 1.52 bits per heavy atom. The summed E-state index contributed by atoms with van der Waals surface area (Å²) < 4.78 is 18.8. The van der Waals surface area contributed by atoms with Crippen molar-refractivity contribution in [2.75, 3.05) is 26.3 Å². The summed E-state index contributed by atoms with van der Waals surface area (Å²) in [5.41, 5.74) is 3.08. The van der Waals surface area contributed by atoms with Crippen LogP contribution in [0.2, 0.25) is 0 Å². The highest BCUT2D eigenvalue weighted by Crippen LogP contribution is 2.21. The molecule has 0 radical (unpaired) electrons. The lowest BCUT2D eigenvalue weighted by atomic mass is 9.94. The fraction of sp³-hybridized carbons (Fsp3) is 0.500. The highest BCUT2D eigenvalue weighted by atomic mass is 19.1. The number of halogens is 1. The van der Waals surface area contributed by atoms with Crippen LogP contribution in [0.5, 0.6) is 0 Å². The Hall–Kier alpha value is -1.87. The number of unbranched alkanes of at least 4 members (excludes halogenated alkanes) is 2. The lowest BCUT2D eigenvalue weighted by Gasteiger charge is -2.43. The Bertz CT molecular complexity index is 786. The monoisotopic (exact) mass is 433 g/mol. The Morgan fingerprint density at radius 3 is 2.16 bits per heavy atom. The Labute approximate surface area is 182 Å². The van der Waals surface area contributed by atoms with E-state index >= 15 is 0 Å². The minimum atomic E-state index is -1.22. The molecule has 1 heterocycles. The standard InChI is InChI=1S/C24H32FNO5/c25-20-10-8-19(9-11-20)18-6-4-17(5-7-18)16-31-13-3-1-2-12-26-14-22(28)24(30)23(29)21(26)15-27/h4-11,21-24,27-30H,1-3,12-16H2/t21-,22-,23+,24+/m0/s1. The molecule has 0 spiro atoms. The van der Waals surface area contributed by atoms with Gasteiger partial charge in [0.15, 0.2) is 0 Å². The van der Waals surface area contributed by atoms with Gasteiger partial charge in [-0.15, -0.1) is 0 Å². The molecule has 2 aromatic rings. The number of likely N-dealkylation sites (tertiary alicyclic amines) is 1. The lowest BCUT2D eigenvalue weighted by molar-refractivity contribution is -0.145. The molecule has 1 saturated heterocycles. The zero-order valence-electron chi connectivity index (χ0n) is 17.6. The topological polar surface area (TPSA) is 93.4 Å². The van der Waals surface area contributed by atoms with E-state index in [9.17, 15) is 24.8 Å². The maximum absolute atomic E-state index is 13.0. The molecule has 0 amide bonds. The first-order valence-corrected chi connectivity index (χ1v) is 10.8. The van der Waals surface area contributed by atoms with Crippen LogP contribution in [-0.2, 0) is 11.3 Å². The number of hydrogen-bond donors (Lipinski definition) is 4. The largest absolute Gasteiger partial charge is 0.395 e. The number of aliphatic hydroxyl groups excluding tert-OH is 4. The van der Waals surface area contributed by atoms with Gasteiger partial charge in [-0.1, -0.05) is 36.4 Å². The summed E-state index contributed by atoms with van der Waals surface area (Å²) in [6, 6.07) is 13.9. The molecule has 1 aliphatic heterocycles. The van der Waals surface area contributed by atoms with E-state index in [0.29, 0.717) is 19.8 Å². The van der Waals surface area contributed by atoms with Crippen LogP contribution in [0.1, 0.15) is 24.8 Å². The van der Waals surface area contributed by atoms with E-state index in [4.69, 9.17) is 4.74 Å². The van der Waals surface area contributed by atoms with E-state index in [1.165, 1.54) is 12.1 Å². The van der Waals surface area contributed by atoms with Crippen LogP contribution >= 0.6 is 0 Å². The van der Waals surface area contributed by atoms with Gasteiger partial charge in [-0.2, -0.15) is 0 Å². The molecule has 2 aromatic carbocycles. The minimum Gasteiger partial charge on any atom is -0.395 e. The van der Waals surface area contributed by atoms with Crippen LogP contribution in [0.3, 0.4) is 0 Å². The van der Waals surface area contributed by atoms with Gasteiger partial charge in [0.05, 0.1) is 25.4 Å². The summed E-state index contributed by atoms with van der Waals surface area (Å²) in [7, 11) is 0. The molecular weight excluding hydrogens is 401 g/mol. The van der Waals surface area contributed by atoms with Crippen molar-refractivity contribution in [3.05, 3.63) is 59.9 Å². The molecule has 1 fully saturated rings. The summed E-state index contributed by atoms with van der Waals surface area (Å²) in [6.07, 6.45) is -0.707. The maximum atomic E-state index is 13.0. The van der Waals surface area contributed by atoms with Gasteiger partial charge < -0.3 is 25.2 Å². The Balaban J connectivity index is 1.32. The van der Waals surface area contributed by atoms with Gasteiger partial charge in [0.1, 0.15) is 18.0 Å². The molecule has 0 bridgehead atoms. The zero-order valence-corrected chi connectivity index (χ0v) is 17.6. The van der Waals surface area contributed by atoms with Crippen molar-refractivity contribution in [2.45, 2.75) is 50.2 Å². The minimum absolute atomic E-state index is 0.244. The number of β-amino-alcohol motifs (C(OH)–C–C–N with tert-alkyl or cyclic N) is 1. The number of ether oxygens (including phenoxy) is 1. The molecule has 1 aliphatic rings. The van der Waals surface area contributed by atoms with Gasteiger partial charge in [0.25, 0.3) is 0 Å². The molecule has 31 heavy (non-hydrogen) atoms. The predicted molar refractivity (Wildman–Crippen MR) is 116 cm³/mol. The summed E-state index contributed by atoms with van der Waals surface area (Å²) in [6.45, 7) is 1.78. The van der Waals surface area contributed by atoms with Crippen molar-refractivity contribution < 1.29 is 29.6 Å². The van der Waals surface area contributed by atoms with Crippen molar-refractivity contribution in [3.63, 3.8) is 0 Å². The average molecular weight is 434 g/mol. The van der Waals surface area contributed by atoms with Crippen LogP contribution < -0.4 is 0 Å². The molecule has 3 rings (SSSR count). The van der Waals surface area contributed by atoms with E-state index in [1.807, 2.05) is 29.2 Å². The smallest absolute Gasteiger partial charge is 0.123 e. The normalized spacial score (nSPS) is 24.4. The van der Waals surface area contributed by atoms with Crippen LogP contribution in [0, 0.1) is 5.82 Å². The van der Waals surface area contributed by atoms with Crippen LogP contribution in [0.25, 0.3) is 11.1 Å². The highest BCUT2D eigenvalue weighted by molar-refractivity contribution is 5.63. The second-order valence-electron chi connectivity index (χ2n) is 8.11. The van der Waals surface area contributed by atoms with Gasteiger partial charge in [0.2, 0.25) is 0 Å². The third-order valence-corrected chi connectivity index (χ3v) is 5.85. The van der Waals surface area contributed by atoms with E-state index in [2.05, 4.69) is 0 Å². The number of rotatable bonds is 10. The van der Waals surface area contributed by atoms with Crippen molar-refractivity contribution in [1.29, 1.82) is 0 Å². The summed E-state index contributed by atoms with van der Waals surface area (Å²) >= 11 is 0. The first-order chi connectivity index (χ1) is 15.0. The molecule has 0 saturated carbocycles. The number of piperidine rings is 1. The Morgan fingerprint density at radius 1 is 0.871 bits per heavy atom. The van der Waals surface area contributed by atoms with E-state index < -0.39 is 24.4 Å². The van der Waals surface area contributed by atoms with E-state index in [0.717, 1.165) is 36.0 Å². The number of aliphatic hydroxyl groups is 4. The zero-order chi connectivity index (χ0) is 22.2. The number of benzene rings is 2. The highest BCUT2D eigenvalue weighted by Gasteiger charge is 2.40. The molecule has 4 N–H and O–H groups in total. The van der Waals surface area contributed by atoms with Crippen LogP contribution in [-0.4, -0.2) is 76.0 Å². The molecule has 0 aromatic heterocycles. The fourth-order valence-electron chi connectivity index (χ4n) is 3.96. The van der Waals surface area contributed by atoms with Crippen molar-refractivity contribution in [3.8, 4) is 11.1 Å². The molecular formula is C24H32FNO5. The number of nitrogens with zero attached hydrogens (tertiary/aromatic N) is 1. The first kappa shape index (κ1) is 23.8. The lowest BCUT2D eigenvalue weighted by Crippen LogP contribution is -2.62. The van der Waals surface area contributed by atoms with Gasteiger partial charge in [-0.05, 0) is 54.6 Å². The van der Waals surface area contributed by atoms with Crippen molar-refractivity contribution in [1.82, 2.24) is 4.90 Å². The fourth-order valence-corrected chi connectivity index (χ4v) is 3.96. The third-order valence-electron chi connectivity index (χ3n) is 5.85. The molecule has 4 atom stereocenters. The van der Waals surface area contributed by atoms with Gasteiger partial charge >= 0.3 is 0 Å². The average Bonchev–Trinajstić information content (AvgIpc) is 2.78. The van der Waals surface area contributed by atoms with Crippen LogP contribution in [0.15, 0.2) is 48.5 Å². The summed E-state index contributed by atoms with van der Waals surface area (Å²) in [4.78, 5) is 1.84. The summed E-state index contributed by atoms with van der Waals surface area (Å²) in [5, 5.41) is 39.1. The molecule has 7 heteroatoms. The molecule has 0 unspecified atom stereocenters. The molecule has 170 valence electrons.